The van der Waals surface area contributed by atoms with Crippen molar-refractivity contribution in [2.75, 3.05) is 0 Å². The van der Waals surface area contributed by atoms with Gasteiger partial charge in [-0.05, 0) is 36.6 Å². The highest BCUT2D eigenvalue weighted by atomic mass is 35.5. The predicted molar refractivity (Wildman–Crippen MR) is 50.1 cm³/mol. The highest BCUT2D eigenvalue weighted by Crippen LogP contribution is 2.21. The Kier molecular flexibility index (Phi) is 3.27. The second kappa shape index (κ2) is 4.25. The third kappa shape index (κ3) is 2.43. The van der Waals surface area contributed by atoms with E-state index >= 15 is 0 Å². The van der Waals surface area contributed by atoms with Crippen LogP contribution in [0, 0.1) is 24.1 Å². The lowest BCUT2D eigenvalue weighted by atomic mass is 10.1. The van der Waals surface area contributed by atoms with Gasteiger partial charge in [-0.3, -0.25) is 0 Å². The van der Waals surface area contributed by atoms with Crippen LogP contribution in [-0.4, -0.2) is 0 Å². The second-order valence-electron chi connectivity index (χ2n) is 2.85. The third-order valence-corrected chi connectivity index (χ3v) is 2.19. The Morgan fingerprint density at radius 2 is 2.23 bits per heavy atom. The molecule has 0 aliphatic rings. The number of nitriles is 1. The second-order valence-corrected chi connectivity index (χ2v) is 3.26. The minimum atomic E-state index is -0.266. The summed E-state index contributed by atoms with van der Waals surface area (Å²) in [6, 6.07) is 4.98. The van der Waals surface area contributed by atoms with Crippen LogP contribution in [0.4, 0.5) is 4.39 Å². The van der Waals surface area contributed by atoms with E-state index in [-0.39, 0.29) is 5.82 Å². The monoisotopic (exact) mass is 197 g/mol. The number of halogens is 2. The first-order chi connectivity index (χ1) is 6.15. The maximum absolute atomic E-state index is 13.0. The summed E-state index contributed by atoms with van der Waals surface area (Å²) in [4.78, 5) is 0. The first-order valence-corrected chi connectivity index (χ1v) is 4.34. The molecule has 0 saturated carbocycles. The van der Waals surface area contributed by atoms with Crippen LogP contribution in [0.25, 0.3) is 0 Å². The van der Waals surface area contributed by atoms with Gasteiger partial charge in [0, 0.05) is 11.4 Å². The SMILES string of the molecule is Cc1cc(Cl)c(CCC#N)cc1F. The summed E-state index contributed by atoms with van der Waals surface area (Å²) >= 11 is 5.86. The van der Waals surface area contributed by atoms with Crippen molar-refractivity contribution in [2.45, 2.75) is 19.8 Å². The fraction of sp³-hybridized carbons (Fsp3) is 0.300. The van der Waals surface area contributed by atoms with Crippen molar-refractivity contribution < 1.29 is 4.39 Å². The molecule has 0 saturated heterocycles. The van der Waals surface area contributed by atoms with Crippen molar-refractivity contribution in [1.82, 2.24) is 0 Å². The van der Waals surface area contributed by atoms with Crippen LogP contribution < -0.4 is 0 Å². The highest BCUT2D eigenvalue weighted by molar-refractivity contribution is 6.31. The lowest BCUT2D eigenvalue weighted by Gasteiger charge is -2.03. The van der Waals surface area contributed by atoms with E-state index < -0.39 is 0 Å². The summed E-state index contributed by atoms with van der Waals surface area (Å²) in [6.45, 7) is 1.66. The number of rotatable bonds is 2. The maximum atomic E-state index is 13.0. The third-order valence-electron chi connectivity index (χ3n) is 1.83. The normalized spacial score (nSPS) is 9.69. The molecule has 0 N–H and O–H groups in total. The van der Waals surface area contributed by atoms with Crippen LogP contribution in [0.2, 0.25) is 5.02 Å². The molecule has 0 atom stereocenters. The summed E-state index contributed by atoms with van der Waals surface area (Å²) in [5.41, 5.74) is 1.23. The van der Waals surface area contributed by atoms with Gasteiger partial charge in [0.1, 0.15) is 5.82 Å². The molecule has 0 spiro atoms. The minimum Gasteiger partial charge on any atom is -0.207 e. The molecule has 0 bridgehead atoms. The molecule has 0 radical (unpaired) electrons. The summed E-state index contributed by atoms with van der Waals surface area (Å²) in [5.74, 6) is -0.266. The molecule has 0 aromatic heterocycles. The highest BCUT2D eigenvalue weighted by Gasteiger charge is 2.04. The molecule has 0 fully saturated rings. The number of hydrogen-bond donors (Lipinski definition) is 0. The fourth-order valence-electron chi connectivity index (χ4n) is 1.07. The number of aryl methyl sites for hydroxylation is 2. The topological polar surface area (TPSA) is 23.8 Å². The largest absolute Gasteiger partial charge is 0.207 e. The van der Waals surface area contributed by atoms with Gasteiger partial charge in [0.25, 0.3) is 0 Å². The Bertz CT molecular complexity index is 355. The Morgan fingerprint density at radius 3 is 2.85 bits per heavy atom. The molecule has 0 amide bonds. The molecule has 3 heteroatoms. The van der Waals surface area contributed by atoms with Crippen molar-refractivity contribution in [3.63, 3.8) is 0 Å². The van der Waals surface area contributed by atoms with Gasteiger partial charge >= 0.3 is 0 Å². The van der Waals surface area contributed by atoms with Gasteiger partial charge in [-0.15, -0.1) is 0 Å². The van der Waals surface area contributed by atoms with Crippen molar-refractivity contribution in [3.8, 4) is 6.07 Å². The summed E-state index contributed by atoms with van der Waals surface area (Å²) in [5, 5.41) is 8.89. The lowest BCUT2D eigenvalue weighted by Crippen LogP contribution is -1.90. The van der Waals surface area contributed by atoms with Crippen LogP contribution >= 0.6 is 11.6 Å². The van der Waals surface area contributed by atoms with E-state index in [0.717, 1.165) is 0 Å². The molecule has 1 aromatic carbocycles. The zero-order chi connectivity index (χ0) is 9.84. The van der Waals surface area contributed by atoms with Crippen LogP contribution in [0.5, 0.6) is 0 Å². The average Bonchev–Trinajstić information content (AvgIpc) is 2.09. The Balaban J connectivity index is 2.96. The molecule has 13 heavy (non-hydrogen) atoms. The van der Waals surface area contributed by atoms with Gasteiger partial charge in [0.2, 0.25) is 0 Å². The van der Waals surface area contributed by atoms with Crippen LogP contribution in [-0.2, 0) is 6.42 Å². The van der Waals surface area contributed by atoms with E-state index in [1.807, 2.05) is 6.07 Å². The zero-order valence-corrected chi connectivity index (χ0v) is 8.03. The summed E-state index contributed by atoms with van der Waals surface area (Å²) < 4.78 is 13.0. The molecule has 0 heterocycles. The van der Waals surface area contributed by atoms with Gasteiger partial charge in [-0.2, -0.15) is 5.26 Å². The van der Waals surface area contributed by atoms with Crippen molar-refractivity contribution in [2.24, 2.45) is 0 Å². The predicted octanol–water partition coefficient (Wildman–Crippen LogP) is 3.24. The van der Waals surface area contributed by atoms with Gasteiger partial charge < -0.3 is 0 Å². The molecule has 0 aliphatic heterocycles. The van der Waals surface area contributed by atoms with Crippen molar-refractivity contribution >= 4 is 11.6 Å². The Morgan fingerprint density at radius 1 is 1.54 bits per heavy atom. The zero-order valence-electron chi connectivity index (χ0n) is 7.27. The minimum absolute atomic E-state index is 0.266. The van der Waals surface area contributed by atoms with Crippen LogP contribution in [0.3, 0.4) is 0 Å². The van der Waals surface area contributed by atoms with Crippen LogP contribution in [0.1, 0.15) is 17.5 Å². The molecular weight excluding hydrogens is 189 g/mol. The van der Waals surface area contributed by atoms with Crippen molar-refractivity contribution in [1.29, 1.82) is 5.26 Å². The number of hydrogen-bond acceptors (Lipinski definition) is 1. The molecule has 0 aliphatic carbocycles. The number of nitrogens with zero attached hydrogens (tertiary/aromatic N) is 1. The average molecular weight is 198 g/mol. The fourth-order valence-corrected chi connectivity index (χ4v) is 1.38. The van der Waals surface area contributed by atoms with E-state index in [0.29, 0.717) is 29.0 Å². The van der Waals surface area contributed by atoms with E-state index in [1.165, 1.54) is 6.07 Å². The van der Waals surface area contributed by atoms with Crippen molar-refractivity contribution in [3.05, 3.63) is 34.1 Å². The molecular formula is C10H9ClFN. The summed E-state index contributed by atoms with van der Waals surface area (Å²) in [6.07, 6.45) is 0.870. The lowest BCUT2D eigenvalue weighted by molar-refractivity contribution is 0.616. The maximum Gasteiger partial charge on any atom is 0.126 e. The number of benzene rings is 1. The first-order valence-electron chi connectivity index (χ1n) is 3.96. The van der Waals surface area contributed by atoms with Gasteiger partial charge in [-0.1, -0.05) is 11.6 Å². The Labute approximate surface area is 81.8 Å². The van der Waals surface area contributed by atoms with Gasteiger partial charge in [0.15, 0.2) is 0 Å². The quantitative estimate of drug-likeness (QED) is 0.714. The molecule has 1 nitrogen and oxygen atoms in total. The molecule has 0 unspecified atom stereocenters. The molecule has 1 rings (SSSR count). The first kappa shape index (κ1) is 10.0. The van der Waals surface area contributed by atoms with E-state index in [4.69, 9.17) is 16.9 Å². The van der Waals surface area contributed by atoms with E-state index in [9.17, 15) is 4.39 Å². The molecule has 1 aromatic rings. The standard InChI is InChI=1S/C10H9ClFN/c1-7-5-9(11)8(3-2-4-13)6-10(7)12/h5-6H,2-3H2,1H3. The van der Waals surface area contributed by atoms with Gasteiger partial charge in [0.05, 0.1) is 6.07 Å². The molecule has 68 valence electrons. The smallest absolute Gasteiger partial charge is 0.126 e. The van der Waals surface area contributed by atoms with E-state index in [1.54, 1.807) is 13.0 Å². The Hall–Kier alpha value is -1.07. The van der Waals surface area contributed by atoms with Gasteiger partial charge in [-0.25, -0.2) is 4.39 Å². The van der Waals surface area contributed by atoms with E-state index in [2.05, 4.69) is 0 Å². The van der Waals surface area contributed by atoms with Crippen LogP contribution in [0.15, 0.2) is 12.1 Å². The summed E-state index contributed by atoms with van der Waals surface area (Å²) in [7, 11) is 0.